The standard InChI is InChI=1S/C13H25N3O/c1-5-11(6-2)9-17-13(10(3)14)12-7-15-16(4)8-12/h7-8,10-11,13H,5-6,9,14H2,1-4H3. The Morgan fingerprint density at radius 1 is 1.41 bits per heavy atom. The lowest BCUT2D eigenvalue weighted by molar-refractivity contribution is 0.0140. The predicted molar refractivity (Wildman–Crippen MR) is 69.6 cm³/mol. The molecule has 0 aliphatic rings. The Hall–Kier alpha value is -0.870. The van der Waals surface area contributed by atoms with Gasteiger partial charge in [-0.1, -0.05) is 26.7 Å². The van der Waals surface area contributed by atoms with E-state index in [0.717, 1.165) is 25.0 Å². The second-order valence-corrected chi connectivity index (χ2v) is 4.74. The van der Waals surface area contributed by atoms with Crippen LogP contribution in [0.25, 0.3) is 0 Å². The van der Waals surface area contributed by atoms with E-state index in [9.17, 15) is 0 Å². The van der Waals surface area contributed by atoms with Gasteiger partial charge in [0.1, 0.15) is 6.10 Å². The van der Waals surface area contributed by atoms with Crippen molar-refractivity contribution in [2.75, 3.05) is 6.61 Å². The fourth-order valence-electron chi connectivity index (χ4n) is 1.90. The highest BCUT2D eigenvalue weighted by atomic mass is 16.5. The Bertz CT molecular complexity index is 318. The summed E-state index contributed by atoms with van der Waals surface area (Å²) in [7, 11) is 1.91. The lowest BCUT2D eigenvalue weighted by Crippen LogP contribution is -2.28. The number of nitrogens with two attached hydrogens (primary N) is 1. The first-order valence-electron chi connectivity index (χ1n) is 6.44. The van der Waals surface area contributed by atoms with Crippen molar-refractivity contribution in [1.29, 1.82) is 0 Å². The zero-order chi connectivity index (χ0) is 12.8. The molecule has 0 radical (unpaired) electrons. The van der Waals surface area contributed by atoms with E-state index in [1.165, 1.54) is 0 Å². The van der Waals surface area contributed by atoms with E-state index in [1.54, 1.807) is 4.68 Å². The van der Waals surface area contributed by atoms with Crippen molar-refractivity contribution >= 4 is 0 Å². The first-order valence-corrected chi connectivity index (χ1v) is 6.44. The zero-order valence-electron chi connectivity index (χ0n) is 11.4. The lowest BCUT2D eigenvalue weighted by atomic mass is 10.0. The van der Waals surface area contributed by atoms with Crippen LogP contribution >= 0.6 is 0 Å². The third-order valence-electron chi connectivity index (χ3n) is 3.20. The molecule has 0 bridgehead atoms. The lowest BCUT2D eigenvalue weighted by Gasteiger charge is -2.23. The largest absolute Gasteiger partial charge is 0.372 e. The monoisotopic (exact) mass is 239 g/mol. The molecule has 0 aromatic carbocycles. The van der Waals surface area contributed by atoms with Gasteiger partial charge in [-0.2, -0.15) is 5.10 Å². The summed E-state index contributed by atoms with van der Waals surface area (Å²) in [6, 6.07) is -0.0198. The van der Waals surface area contributed by atoms with Crippen molar-refractivity contribution in [1.82, 2.24) is 9.78 Å². The van der Waals surface area contributed by atoms with Crippen molar-refractivity contribution in [3.05, 3.63) is 18.0 Å². The second kappa shape index (κ2) is 6.77. The molecule has 17 heavy (non-hydrogen) atoms. The van der Waals surface area contributed by atoms with Gasteiger partial charge < -0.3 is 10.5 Å². The maximum atomic E-state index is 5.99. The molecule has 0 saturated carbocycles. The van der Waals surface area contributed by atoms with Crippen molar-refractivity contribution in [3.63, 3.8) is 0 Å². The van der Waals surface area contributed by atoms with Gasteiger partial charge in [0.25, 0.3) is 0 Å². The molecule has 2 atom stereocenters. The normalized spacial score (nSPS) is 15.2. The molecule has 0 amide bonds. The van der Waals surface area contributed by atoms with E-state index in [-0.39, 0.29) is 12.1 Å². The van der Waals surface area contributed by atoms with Gasteiger partial charge in [0.15, 0.2) is 0 Å². The van der Waals surface area contributed by atoms with Crippen molar-refractivity contribution in [2.45, 2.75) is 45.8 Å². The van der Waals surface area contributed by atoms with Crippen molar-refractivity contribution in [2.24, 2.45) is 18.7 Å². The molecule has 0 aliphatic carbocycles. The quantitative estimate of drug-likeness (QED) is 0.794. The predicted octanol–water partition coefficient (Wildman–Crippen LogP) is 2.26. The number of hydrogen-bond donors (Lipinski definition) is 1. The fourth-order valence-corrected chi connectivity index (χ4v) is 1.90. The van der Waals surface area contributed by atoms with Gasteiger partial charge >= 0.3 is 0 Å². The average Bonchev–Trinajstić information content (AvgIpc) is 2.70. The van der Waals surface area contributed by atoms with Gasteiger partial charge in [0.2, 0.25) is 0 Å². The summed E-state index contributed by atoms with van der Waals surface area (Å²) in [5.41, 5.74) is 7.05. The second-order valence-electron chi connectivity index (χ2n) is 4.74. The number of ether oxygens (including phenoxy) is 1. The summed E-state index contributed by atoms with van der Waals surface area (Å²) in [6.07, 6.45) is 6.05. The molecule has 0 fully saturated rings. The minimum atomic E-state index is -0.0516. The fraction of sp³-hybridized carbons (Fsp3) is 0.769. The third-order valence-corrected chi connectivity index (χ3v) is 3.20. The maximum Gasteiger partial charge on any atom is 0.100 e. The summed E-state index contributed by atoms with van der Waals surface area (Å²) >= 11 is 0. The minimum Gasteiger partial charge on any atom is -0.372 e. The van der Waals surface area contributed by atoms with Crippen LogP contribution in [-0.2, 0) is 11.8 Å². The molecule has 4 nitrogen and oxygen atoms in total. The van der Waals surface area contributed by atoms with Crippen LogP contribution in [0.2, 0.25) is 0 Å². The first-order chi connectivity index (χ1) is 8.08. The van der Waals surface area contributed by atoms with Gasteiger partial charge in [-0.15, -0.1) is 0 Å². The van der Waals surface area contributed by atoms with Crippen LogP contribution in [0.15, 0.2) is 12.4 Å². The van der Waals surface area contributed by atoms with Gasteiger partial charge in [0, 0.05) is 24.8 Å². The summed E-state index contributed by atoms with van der Waals surface area (Å²) in [4.78, 5) is 0. The molecule has 1 aromatic rings. The Morgan fingerprint density at radius 2 is 2.06 bits per heavy atom. The maximum absolute atomic E-state index is 5.99. The molecule has 1 heterocycles. The van der Waals surface area contributed by atoms with Gasteiger partial charge in [-0.25, -0.2) is 0 Å². The number of rotatable bonds is 7. The molecule has 0 aliphatic heterocycles. The van der Waals surface area contributed by atoms with Crippen LogP contribution in [0.1, 0.15) is 45.3 Å². The van der Waals surface area contributed by atoms with Crippen molar-refractivity contribution < 1.29 is 4.74 Å². The van der Waals surface area contributed by atoms with E-state index < -0.39 is 0 Å². The molecule has 1 rings (SSSR count). The van der Waals surface area contributed by atoms with Crippen LogP contribution in [0.4, 0.5) is 0 Å². The number of nitrogens with zero attached hydrogens (tertiary/aromatic N) is 2. The molecule has 2 unspecified atom stereocenters. The molecule has 1 aromatic heterocycles. The van der Waals surface area contributed by atoms with Crippen LogP contribution in [0, 0.1) is 5.92 Å². The summed E-state index contributed by atoms with van der Waals surface area (Å²) in [6.45, 7) is 7.14. The van der Waals surface area contributed by atoms with Crippen LogP contribution in [0.5, 0.6) is 0 Å². The Labute approximate surface area is 104 Å². The number of hydrogen-bond acceptors (Lipinski definition) is 3. The average molecular weight is 239 g/mol. The molecule has 4 heteroatoms. The summed E-state index contributed by atoms with van der Waals surface area (Å²) in [5.74, 6) is 0.618. The van der Waals surface area contributed by atoms with Crippen LogP contribution in [0.3, 0.4) is 0 Å². The van der Waals surface area contributed by atoms with Gasteiger partial charge in [0.05, 0.1) is 12.8 Å². The molecule has 0 saturated heterocycles. The summed E-state index contributed by atoms with van der Waals surface area (Å²) < 4.78 is 7.75. The summed E-state index contributed by atoms with van der Waals surface area (Å²) in [5, 5.41) is 4.17. The van der Waals surface area contributed by atoms with E-state index in [4.69, 9.17) is 10.5 Å². The number of aromatic nitrogens is 2. The van der Waals surface area contributed by atoms with Crippen LogP contribution < -0.4 is 5.73 Å². The minimum absolute atomic E-state index is 0.0198. The van der Waals surface area contributed by atoms with E-state index >= 15 is 0 Å². The topological polar surface area (TPSA) is 53.1 Å². The first kappa shape index (κ1) is 14.2. The highest BCUT2D eigenvalue weighted by Gasteiger charge is 2.19. The molecule has 2 N–H and O–H groups in total. The van der Waals surface area contributed by atoms with E-state index in [1.807, 2.05) is 26.4 Å². The molecular formula is C13H25N3O. The van der Waals surface area contributed by atoms with Gasteiger partial charge in [-0.05, 0) is 12.8 Å². The number of aryl methyl sites for hydroxylation is 1. The SMILES string of the molecule is CCC(CC)COC(c1cnn(C)c1)C(C)N. The Balaban J connectivity index is 2.61. The highest BCUT2D eigenvalue weighted by molar-refractivity contribution is 5.10. The van der Waals surface area contributed by atoms with Crippen molar-refractivity contribution in [3.8, 4) is 0 Å². The molecular weight excluding hydrogens is 214 g/mol. The molecule has 98 valence electrons. The molecule has 0 spiro atoms. The zero-order valence-corrected chi connectivity index (χ0v) is 11.4. The van der Waals surface area contributed by atoms with Gasteiger partial charge in [-0.3, -0.25) is 4.68 Å². The Kier molecular flexibility index (Phi) is 5.65. The highest BCUT2D eigenvalue weighted by Crippen LogP contribution is 2.21. The smallest absolute Gasteiger partial charge is 0.100 e. The van der Waals surface area contributed by atoms with E-state index in [2.05, 4.69) is 18.9 Å². The third kappa shape index (κ3) is 4.13. The van der Waals surface area contributed by atoms with Crippen LogP contribution in [-0.4, -0.2) is 22.4 Å². The van der Waals surface area contributed by atoms with E-state index in [0.29, 0.717) is 5.92 Å². The Morgan fingerprint density at radius 3 is 2.47 bits per heavy atom.